The SMILES string of the molecule is Cc1nn(-c2ccccc2)c(NC(=O)N[C@@H]2CN(CC(F)(F)F)C[C@H]2c2cccc(F)c2)c1C. The van der Waals surface area contributed by atoms with Crippen LogP contribution in [-0.2, 0) is 0 Å². The van der Waals surface area contributed by atoms with Crippen LogP contribution in [0.5, 0.6) is 0 Å². The number of aromatic nitrogens is 2. The van der Waals surface area contributed by atoms with E-state index in [0.717, 1.165) is 16.9 Å². The van der Waals surface area contributed by atoms with E-state index in [1.54, 1.807) is 10.7 Å². The molecule has 2 N–H and O–H groups in total. The highest BCUT2D eigenvalue weighted by Gasteiger charge is 2.40. The van der Waals surface area contributed by atoms with Crippen molar-refractivity contribution in [1.29, 1.82) is 0 Å². The number of carbonyl (C=O) groups is 1. The second-order valence-electron chi connectivity index (χ2n) is 8.48. The molecule has 180 valence electrons. The molecule has 1 aliphatic heterocycles. The number of rotatable bonds is 5. The van der Waals surface area contributed by atoms with E-state index in [-0.39, 0.29) is 13.1 Å². The number of hydrogen-bond donors (Lipinski definition) is 2. The second kappa shape index (κ2) is 9.46. The molecule has 0 saturated carbocycles. The molecule has 1 saturated heterocycles. The number of benzene rings is 2. The zero-order valence-corrected chi connectivity index (χ0v) is 18.7. The van der Waals surface area contributed by atoms with Gasteiger partial charge in [-0.2, -0.15) is 18.3 Å². The number of anilines is 1. The number of hydrogen-bond acceptors (Lipinski definition) is 3. The second-order valence-corrected chi connectivity index (χ2v) is 8.48. The maximum absolute atomic E-state index is 13.8. The lowest BCUT2D eigenvalue weighted by atomic mass is 9.94. The molecule has 1 aromatic heterocycles. The maximum Gasteiger partial charge on any atom is 0.401 e. The molecule has 10 heteroatoms. The van der Waals surface area contributed by atoms with E-state index in [1.807, 2.05) is 44.2 Å². The standard InChI is InChI=1S/C24H25F4N5O/c1-15-16(2)31-33(19-9-4-3-5-10-19)22(15)30-23(34)29-21-13-32(14-24(26,27)28)12-20(21)17-7-6-8-18(25)11-17/h3-11,20-21H,12-14H2,1-2H3,(H2,29,30,34)/t20-,21+/m0/s1. The van der Waals surface area contributed by atoms with Crippen LogP contribution in [0.25, 0.3) is 5.69 Å². The van der Waals surface area contributed by atoms with Crippen LogP contribution in [0.15, 0.2) is 54.6 Å². The molecule has 34 heavy (non-hydrogen) atoms. The molecule has 2 heterocycles. The molecular weight excluding hydrogens is 450 g/mol. The molecule has 1 fully saturated rings. The number of likely N-dealkylation sites (tertiary alicyclic amines) is 1. The van der Waals surface area contributed by atoms with Crippen LogP contribution in [0.4, 0.5) is 28.2 Å². The van der Waals surface area contributed by atoms with Crippen LogP contribution >= 0.6 is 0 Å². The summed E-state index contributed by atoms with van der Waals surface area (Å²) in [6, 6.07) is 13.8. The summed E-state index contributed by atoms with van der Waals surface area (Å²) < 4.78 is 54.5. The summed E-state index contributed by atoms with van der Waals surface area (Å²) in [7, 11) is 0. The number of para-hydroxylation sites is 1. The van der Waals surface area contributed by atoms with Gasteiger partial charge >= 0.3 is 12.2 Å². The molecule has 2 atom stereocenters. The van der Waals surface area contributed by atoms with Gasteiger partial charge in [0.15, 0.2) is 0 Å². The molecule has 2 aromatic carbocycles. The van der Waals surface area contributed by atoms with Gasteiger partial charge in [0, 0.05) is 24.6 Å². The Morgan fingerprint density at radius 2 is 1.82 bits per heavy atom. The third-order valence-electron chi connectivity index (χ3n) is 5.98. The summed E-state index contributed by atoms with van der Waals surface area (Å²) in [4.78, 5) is 14.2. The Morgan fingerprint density at radius 3 is 2.50 bits per heavy atom. The minimum absolute atomic E-state index is 0.00985. The van der Waals surface area contributed by atoms with Crippen LogP contribution in [0.2, 0.25) is 0 Å². The Kier molecular flexibility index (Phi) is 6.60. The molecule has 0 bridgehead atoms. The van der Waals surface area contributed by atoms with Gasteiger partial charge in [0.2, 0.25) is 0 Å². The zero-order chi connectivity index (χ0) is 24.5. The van der Waals surface area contributed by atoms with Crippen LogP contribution < -0.4 is 10.6 Å². The summed E-state index contributed by atoms with van der Waals surface area (Å²) >= 11 is 0. The van der Waals surface area contributed by atoms with Gasteiger partial charge in [0.05, 0.1) is 24.0 Å². The van der Waals surface area contributed by atoms with E-state index in [9.17, 15) is 22.4 Å². The number of nitrogens with zero attached hydrogens (tertiary/aromatic N) is 3. The minimum Gasteiger partial charge on any atom is -0.333 e. The van der Waals surface area contributed by atoms with Crippen LogP contribution in [0.3, 0.4) is 0 Å². The summed E-state index contributed by atoms with van der Waals surface area (Å²) in [5.74, 6) is -0.507. The molecule has 0 unspecified atom stereocenters. The van der Waals surface area contributed by atoms with Gasteiger partial charge in [0.1, 0.15) is 11.6 Å². The summed E-state index contributed by atoms with van der Waals surface area (Å²) in [6.45, 7) is 2.59. The molecule has 0 aliphatic carbocycles. The van der Waals surface area contributed by atoms with Gasteiger partial charge < -0.3 is 5.32 Å². The number of halogens is 4. The van der Waals surface area contributed by atoms with Gasteiger partial charge in [-0.3, -0.25) is 10.2 Å². The fraction of sp³-hybridized carbons (Fsp3) is 0.333. The Labute approximate surface area is 194 Å². The third kappa shape index (κ3) is 5.39. The van der Waals surface area contributed by atoms with E-state index in [4.69, 9.17) is 0 Å². The van der Waals surface area contributed by atoms with Crippen molar-refractivity contribution in [3.63, 3.8) is 0 Å². The predicted octanol–water partition coefficient (Wildman–Crippen LogP) is 4.78. The Balaban J connectivity index is 1.55. The summed E-state index contributed by atoms with van der Waals surface area (Å²) in [6.07, 6.45) is -4.37. The maximum atomic E-state index is 13.8. The quantitative estimate of drug-likeness (QED) is 0.522. The van der Waals surface area contributed by atoms with Gasteiger partial charge in [-0.05, 0) is 43.7 Å². The highest BCUT2D eigenvalue weighted by atomic mass is 19.4. The van der Waals surface area contributed by atoms with Crippen molar-refractivity contribution in [2.45, 2.75) is 32.0 Å². The first-order valence-corrected chi connectivity index (χ1v) is 10.8. The lowest BCUT2D eigenvalue weighted by Gasteiger charge is -2.21. The van der Waals surface area contributed by atoms with Crippen LogP contribution in [-0.4, -0.2) is 52.6 Å². The highest BCUT2D eigenvalue weighted by Crippen LogP contribution is 2.31. The Morgan fingerprint density at radius 1 is 1.09 bits per heavy atom. The predicted molar refractivity (Wildman–Crippen MR) is 121 cm³/mol. The first kappa shape index (κ1) is 23.7. The molecule has 2 amide bonds. The van der Waals surface area contributed by atoms with Crippen LogP contribution in [0.1, 0.15) is 22.7 Å². The van der Waals surface area contributed by atoms with E-state index >= 15 is 0 Å². The number of urea groups is 1. The highest BCUT2D eigenvalue weighted by molar-refractivity contribution is 5.90. The first-order chi connectivity index (χ1) is 16.1. The van der Waals surface area contributed by atoms with Crippen molar-refractivity contribution in [2.24, 2.45) is 0 Å². The molecule has 3 aromatic rings. The van der Waals surface area contributed by atoms with Gasteiger partial charge in [-0.1, -0.05) is 30.3 Å². The van der Waals surface area contributed by atoms with Crippen molar-refractivity contribution in [2.75, 3.05) is 25.0 Å². The average molecular weight is 475 g/mol. The van der Waals surface area contributed by atoms with Gasteiger partial charge in [-0.25, -0.2) is 13.9 Å². The summed E-state index contributed by atoms with van der Waals surface area (Å²) in [5.41, 5.74) is 2.79. The normalized spacial score (nSPS) is 18.8. The topological polar surface area (TPSA) is 62.2 Å². The fourth-order valence-electron chi connectivity index (χ4n) is 4.31. The lowest BCUT2D eigenvalue weighted by molar-refractivity contribution is -0.143. The molecule has 1 aliphatic rings. The van der Waals surface area contributed by atoms with Gasteiger partial charge in [0.25, 0.3) is 0 Å². The third-order valence-corrected chi connectivity index (χ3v) is 5.98. The van der Waals surface area contributed by atoms with E-state index in [0.29, 0.717) is 11.4 Å². The van der Waals surface area contributed by atoms with Gasteiger partial charge in [-0.15, -0.1) is 0 Å². The first-order valence-electron chi connectivity index (χ1n) is 10.8. The van der Waals surface area contributed by atoms with Crippen LogP contribution in [0, 0.1) is 19.7 Å². The number of alkyl halides is 3. The number of nitrogens with one attached hydrogen (secondary N) is 2. The Bertz CT molecular complexity index is 1160. The smallest absolute Gasteiger partial charge is 0.333 e. The molecule has 0 radical (unpaired) electrons. The number of aryl methyl sites for hydroxylation is 1. The molecule has 0 spiro atoms. The summed E-state index contributed by atoms with van der Waals surface area (Å²) in [5, 5.41) is 10.1. The molecule has 4 rings (SSSR count). The molecular formula is C24H25F4N5O. The van der Waals surface area contributed by atoms with Crippen molar-refractivity contribution >= 4 is 11.8 Å². The number of amides is 2. The largest absolute Gasteiger partial charge is 0.401 e. The van der Waals surface area contributed by atoms with Crippen molar-refractivity contribution in [1.82, 2.24) is 20.0 Å². The minimum atomic E-state index is -4.37. The number of carbonyl (C=O) groups excluding carboxylic acids is 1. The van der Waals surface area contributed by atoms with Crippen molar-refractivity contribution in [3.8, 4) is 5.69 Å². The van der Waals surface area contributed by atoms with Crippen molar-refractivity contribution < 1.29 is 22.4 Å². The fourth-order valence-corrected chi connectivity index (χ4v) is 4.31. The van der Waals surface area contributed by atoms with E-state index in [1.165, 1.54) is 23.1 Å². The van der Waals surface area contributed by atoms with E-state index in [2.05, 4.69) is 15.7 Å². The Hall–Kier alpha value is -3.40. The zero-order valence-electron chi connectivity index (χ0n) is 18.7. The molecule has 6 nitrogen and oxygen atoms in total. The van der Waals surface area contributed by atoms with Crippen molar-refractivity contribution in [3.05, 3.63) is 77.2 Å². The monoisotopic (exact) mass is 475 g/mol. The van der Waals surface area contributed by atoms with E-state index < -0.39 is 36.5 Å². The average Bonchev–Trinajstić information content (AvgIpc) is 3.28. The lowest BCUT2D eigenvalue weighted by Crippen LogP contribution is -2.43.